The summed E-state index contributed by atoms with van der Waals surface area (Å²) < 4.78 is 5.94. The predicted molar refractivity (Wildman–Crippen MR) is 119 cm³/mol. The maximum absolute atomic E-state index is 9.55. The van der Waals surface area contributed by atoms with Gasteiger partial charge in [-0.25, -0.2) is 0 Å². The fourth-order valence-electron chi connectivity index (χ4n) is 3.90. The normalized spacial score (nSPS) is 15.5. The van der Waals surface area contributed by atoms with Gasteiger partial charge >= 0.3 is 0 Å². The minimum absolute atomic E-state index is 0.169. The van der Waals surface area contributed by atoms with E-state index in [2.05, 4.69) is 33.4 Å². The molecule has 30 heavy (non-hydrogen) atoms. The van der Waals surface area contributed by atoms with Crippen LogP contribution in [0.3, 0.4) is 0 Å². The number of oxazole rings is 1. The van der Waals surface area contributed by atoms with Crippen LogP contribution in [0.25, 0.3) is 11.5 Å². The SMILES string of the molecule is Cc1ccc(-c2nc(C#N)c(NC[C@@H](c3ccc(Cl)cc3)N3CCCCC3)o2)cc1. The molecule has 154 valence electrons. The predicted octanol–water partition coefficient (Wildman–Crippen LogP) is 5.81. The molecule has 1 saturated heterocycles. The van der Waals surface area contributed by atoms with Crippen LogP contribution in [0.2, 0.25) is 5.02 Å². The number of hydrogen-bond donors (Lipinski definition) is 1. The standard InChI is InChI=1S/C24H25ClN4O/c1-17-5-7-19(8-6-17)23-28-21(15-26)24(30-23)27-16-22(29-13-3-2-4-14-29)18-9-11-20(25)12-10-18/h5-12,22,27H,2-4,13-14,16H2,1H3/t22-/m0/s1. The largest absolute Gasteiger partial charge is 0.419 e. The van der Waals surface area contributed by atoms with Gasteiger partial charge < -0.3 is 9.73 Å². The van der Waals surface area contributed by atoms with Crippen LogP contribution in [-0.4, -0.2) is 29.5 Å². The number of nitrogens with one attached hydrogen (secondary N) is 1. The maximum atomic E-state index is 9.55. The van der Waals surface area contributed by atoms with Crippen LogP contribution in [0.4, 0.5) is 5.88 Å². The van der Waals surface area contributed by atoms with Crippen LogP contribution >= 0.6 is 11.6 Å². The first-order chi connectivity index (χ1) is 14.6. The second-order valence-electron chi connectivity index (χ2n) is 7.72. The van der Waals surface area contributed by atoms with Crippen molar-refractivity contribution >= 4 is 17.5 Å². The molecular weight excluding hydrogens is 396 g/mol. The van der Waals surface area contributed by atoms with Gasteiger partial charge in [0.05, 0.1) is 6.04 Å². The van der Waals surface area contributed by atoms with E-state index in [0.717, 1.165) is 29.2 Å². The van der Waals surface area contributed by atoms with Gasteiger partial charge in [-0.05, 0) is 62.7 Å². The lowest BCUT2D eigenvalue weighted by molar-refractivity contribution is 0.170. The molecular formula is C24H25ClN4O. The monoisotopic (exact) mass is 420 g/mol. The number of likely N-dealkylation sites (tertiary alicyclic amines) is 1. The van der Waals surface area contributed by atoms with E-state index in [1.807, 2.05) is 43.3 Å². The van der Waals surface area contributed by atoms with Crippen LogP contribution in [0.1, 0.15) is 42.1 Å². The Morgan fingerprint density at radius 1 is 1.10 bits per heavy atom. The average Bonchev–Trinajstić information content (AvgIpc) is 3.19. The summed E-state index contributed by atoms with van der Waals surface area (Å²) in [7, 11) is 0. The molecule has 0 saturated carbocycles. The molecule has 0 amide bonds. The zero-order valence-corrected chi connectivity index (χ0v) is 17.8. The molecule has 0 radical (unpaired) electrons. The lowest BCUT2D eigenvalue weighted by Crippen LogP contribution is -2.37. The van der Waals surface area contributed by atoms with E-state index in [4.69, 9.17) is 16.0 Å². The van der Waals surface area contributed by atoms with Gasteiger partial charge in [-0.3, -0.25) is 4.90 Å². The van der Waals surface area contributed by atoms with E-state index in [1.54, 1.807) is 0 Å². The molecule has 1 aliphatic rings. The highest BCUT2D eigenvalue weighted by molar-refractivity contribution is 6.30. The highest BCUT2D eigenvalue weighted by Gasteiger charge is 2.24. The van der Waals surface area contributed by atoms with Crippen molar-refractivity contribution in [3.63, 3.8) is 0 Å². The maximum Gasteiger partial charge on any atom is 0.232 e. The summed E-state index contributed by atoms with van der Waals surface area (Å²) in [5.74, 6) is 0.874. The van der Waals surface area contributed by atoms with Crippen molar-refractivity contribution < 1.29 is 4.42 Å². The van der Waals surface area contributed by atoms with Gasteiger partial charge in [0.2, 0.25) is 17.5 Å². The number of anilines is 1. The van der Waals surface area contributed by atoms with Crippen LogP contribution in [0.5, 0.6) is 0 Å². The Balaban J connectivity index is 1.56. The first-order valence-electron chi connectivity index (χ1n) is 10.4. The van der Waals surface area contributed by atoms with Crippen molar-refractivity contribution in [2.45, 2.75) is 32.2 Å². The topological polar surface area (TPSA) is 65.1 Å². The van der Waals surface area contributed by atoms with E-state index >= 15 is 0 Å². The number of rotatable bonds is 6. The smallest absolute Gasteiger partial charge is 0.232 e. The first-order valence-corrected chi connectivity index (χ1v) is 10.7. The molecule has 1 aliphatic heterocycles. The van der Waals surface area contributed by atoms with Gasteiger partial charge in [0.1, 0.15) is 6.07 Å². The van der Waals surface area contributed by atoms with Gasteiger partial charge in [0.25, 0.3) is 0 Å². The van der Waals surface area contributed by atoms with Gasteiger partial charge in [0, 0.05) is 17.1 Å². The van der Waals surface area contributed by atoms with Crippen molar-refractivity contribution in [2.24, 2.45) is 0 Å². The molecule has 0 bridgehead atoms. The summed E-state index contributed by atoms with van der Waals surface area (Å²) in [6.45, 7) is 4.78. The number of aryl methyl sites for hydroxylation is 1. The van der Waals surface area contributed by atoms with Crippen molar-refractivity contribution in [1.82, 2.24) is 9.88 Å². The third-order valence-electron chi connectivity index (χ3n) is 5.57. The molecule has 0 aliphatic carbocycles. The molecule has 5 nitrogen and oxygen atoms in total. The fraction of sp³-hybridized carbons (Fsp3) is 0.333. The molecule has 1 N–H and O–H groups in total. The zero-order valence-electron chi connectivity index (χ0n) is 17.1. The number of nitriles is 1. The molecule has 4 rings (SSSR count). The van der Waals surface area contributed by atoms with Crippen LogP contribution < -0.4 is 5.32 Å². The second kappa shape index (κ2) is 9.34. The molecule has 1 fully saturated rings. The molecule has 6 heteroatoms. The van der Waals surface area contributed by atoms with E-state index < -0.39 is 0 Å². The Hall–Kier alpha value is -2.81. The first kappa shape index (κ1) is 20.5. The second-order valence-corrected chi connectivity index (χ2v) is 8.16. The summed E-state index contributed by atoms with van der Waals surface area (Å²) in [5, 5.41) is 13.6. The molecule has 1 aromatic heterocycles. The molecule has 1 atom stereocenters. The summed E-state index contributed by atoms with van der Waals surface area (Å²) in [4.78, 5) is 6.87. The zero-order chi connectivity index (χ0) is 20.9. The Kier molecular flexibility index (Phi) is 6.37. The number of hydrogen-bond acceptors (Lipinski definition) is 5. The molecule has 0 unspecified atom stereocenters. The summed E-state index contributed by atoms with van der Waals surface area (Å²) in [6.07, 6.45) is 3.68. The van der Waals surface area contributed by atoms with Crippen molar-refractivity contribution in [1.29, 1.82) is 5.26 Å². The number of halogens is 1. The number of piperidine rings is 1. The lowest BCUT2D eigenvalue weighted by Gasteiger charge is -2.35. The van der Waals surface area contributed by atoms with Gasteiger partial charge in [-0.1, -0.05) is 47.9 Å². The van der Waals surface area contributed by atoms with Gasteiger partial charge in [-0.15, -0.1) is 0 Å². The summed E-state index contributed by atoms with van der Waals surface area (Å²) >= 11 is 6.10. The van der Waals surface area contributed by atoms with Crippen LogP contribution in [0, 0.1) is 18.3 Å². The van der Waals surface area contributed by atoms with Crippen LogP contribution in [-0.2, 0) is 0 Å². The van der Waals surface area contributed by atoms with Crippen molar-refractivity contribution in [2.75, 3.05) is 25.0 Å². The average molecular weight is 421 g/mol. The Labute approximate surface area is 182 Å². The quantitative estimate of drug-likeness (QED) is 0.544. The van der Waals surface area contributed by atoms with Gasteiger partial charge in [0.15, 0.2) is 0 Å². The van der Waals surface area contributed by atoms with Crippen molar-refractivity contribution in [3.8, 4) is 17.5 Å². The van der Waals surface area contributed by atoms with Crippen molar-refractivity contribution in [3.05, 3.63) is 70.4 Å². The Bertz CT molecular complexity index is 1010. The minimum Gasteiger partial charge on any atom is -0.419 e. The Morgan fingerprint density at radius 2 is 1.80 bits per heavy atom. The van der Waals surface area contributed by atoms with E-state index in [9.17, 15) is 5.26 Å². The minimum atomic E-state index is 0.169. The third kappa shape index (κ3) is 4.67. The number of nitrogens with zero attached hydrogens (tertiary/aromatic N) is 3. The molecule has 0 spiro atoms. The number of benzene rings is 2. The van der Waals surface area contributed by atoms with Gasteiger partial charge in [-0.2, -0.15) is 10.2 Å². The number of aromatic nitrogens is 1. The highest BCUT2D eigenvalue weighted by atomic mass is 35.5. The fourth-order valence-corrected chi connectivity index (χ4v) is 4.02. The summed E-state index contributed by atoms with van der Waals surface area (Å²) in [6, 6.07) is 18.2. The summed E-state index contributed by atoms with van der Waals surface area (Å²) in [5.41, 5.74) is 3.50. The van der Waals surface area contributed by atoms with E-state index in [1.165, 1.54) is 24.8 Å². The lowest BCUT2D eigenvalue weighted by atomic mass is 10.0. The highest BCUT2D eigenvalue weighted by Crippen LogP contribution is 2.29. The Morgan fingerprint density at radius 3 is 2.47 bits per heavy atom. The third-order valence-corrected chi connectivity index (χ3v) is 5.83. The van der Waals surface area contributed by atoms with E-state index in [-0.39, 0.29) is 11.7 Å². The molecule has 2 heterocycles. The van der Waals surface area contributed by atoms with Crippen LogP contribution in [0.15, 0.2) is 52.9 Å². The molecule has 3 aromatic rings. The molecule has 2 aromatic carbocycles. The van der Waals surface area contributed by atoms with E-state index in [0.29, 0.717) is 18.3 Å².